The standard InChI is InChI=1S/C23H29N3O3/c1-5-25(19-9-11-21(12-10-19)29-6-2)23(28)24-18-14-22(27)26(15-18)20-8-7-16(3)17(4)13-20/h7-13,18H,5-6,14-15H2,1-4H3,(H,24,28). The van der Waals surface area contributed by atoms with Crippen LogP contribution in [-0.4, -0.2) is 37.7 Å². The summed E-state index contributed by atoms with van der Waals surface area (Å²) in [5.74, 6) is 0.806. The van der Waals surface area contributed by atoms with E-state index in [1.165, 1.54) is 5.56 Å². The first-order valence-corrected chi connectivity index (χ1v) is 10.1. The molecule has 2 aromatic rings. The summed E-state index contributed by atoms with van der Waals surface area (Å²) in [6, 6.07) is 13.0. The number of hydrogen-bond acceptors (Lipinski definition) is 3. The van der Waals surface area contributed by atoms with Crippen LogP contribution in [0.15, 0.2) is 42.5 Å². The van der Waals surface area contributed by atoms with E-state index in [0.29, 0.717) is 26.1 Å². The summed E-state index contributed by atoms with van der Waals surface area (Å²) < 4.78 is 5.46. The molecule has 1 aliphatic rings. The van der Waals surface area contributed by atoms with E-state index >= 15 is 0 Å². The summed E-state index contributed by atoms with van der Waals surface area (Å²) in [5.41, 5.74) is 4.02. The van der Waals surface area contributed by atoms with Gasteiger partial charge in [-0.1, -0.05) is 6.07 Å². The van der Waals surface area contributed by atoms with Gasteiger partial charge < -0.3 is 15.0 Å². The molecule has 0 saturated carbocycles. The van der Waals surface area contributed by atoms with Gasteiger partial charge in [0.2, 0.25) is 5.91 Å². The lowest BCUT2D eigenvalue weighted by atomic mass is 10.1. The number of amides is 3. The molecule has 0 aromatic heterocycles. The average molecular weight is 396 g/mol. The lowest BCUT2D eigenvalue weighted by Gasteiger charge is -2.24. The fourth-order valence-electron chi connectivity index (χ4n) is 3.53. The first kappa shape index (κ1) is 20.7. The van der Waals surface area contributed by atoms with Crippen molar-refractivity contribution in [2.75, 3.05) is 29.5 Å². The molecule has 3 amide bonds. The first-order valence-electron chi connectivity index (χ1n) is 10.1. The van der Waals surface area contributed by atoms with E-state index in [-0.39, 0.29) is 18.0 Å². The highest BCUT2D eigenvalue weighted by atomic mass is 16.5. The fraction of sp³-hybridized carbons (Fsp3) is 0.391. The number of carbonyl (C=O) groups is 2. The highest BCUT2D eigenvalue weighted by Gasteiger charge is 2.32. The molecule has 1 N–H and O–H groups in total. The average Bonchev–Trinajstić information content (AvgIpc) is 3.06. The maximum atomic E-state index is 12.8. The number of nitrogens with zero attached hydrogens (tertiary/aromatic N) is 2. The number of nitrogens with one attached hydrogen (secondary N) is 1. The highest BCUT2D eigenvalue weighted by Crippen LogP contribution is 2.25. The van der Waals surface area contributed by atoms with Crippen LogP contribution in [0.4, 0.5) is 16.2 Å². The van der Waals surface area contributed by atoms with Crippen molar-refractivity contribution in [2.24, 2.45) is 0 Å². The van der Waals surface area contributed by atoms with Gasteiger partial charge >= 0.3 is 6.03 Å². The fourth-order valence-corrected chi connectivity index (χ4v) is 3.53. The van der Waals surface area contributed by atoms with Gasteiger partial charge in [-0.05, 0) is 75.2 Å². The molecule has 1 heterocycles. The van der Waals surface area contributed by atoms with Crippen molar-refractivity contribution in [1.29, 1.82) is 0 Å². The normalized spacial score (nSPS) is 16.1. The van der Waals surface area contributed by atoms with Crippen molar-refractivity contribution in [3.8, 4) is 5.75 Å². The van der Waals surface area contributed by atoms with Crippen LogP contribution in [0.2, 0.25) is 0 Å². The molecule has 6 heteroatoms. The number of ether oxygens (including phenoxy) is 1. The Hall–Kier alpha value is -3.02. The Bertz CT molecular complexity index is 879. The zero-order chi connectivity index (χ0) is 21.0. The molecular formula is C23H29N3O3. The van der Waals surface area contributed by atoms with E-state index in [9.17, 15) is 9.59 Å². The number of carbonyl (C=O) groups excluding carboxylic acids is 2. The third kappa shape index (κ3) is 4.70. The van der Waals surface area contributed by atoms with Gasteiger partial charge in [0.1, 0.15) is 5.75 Å². The molecule has 1 unspecified atom stereocenters. The predicted octanol–water partition coefficient (Wildman–Crippen LogP) is 4.04. The molecule has 0 aliphatic carbocycles. The summed E-state index contributed by atoms with van der Waals surface area (Å²) >= 11 is 0. The molecule has 154 valence electrons. The molecule has 3 rings (SSSR count). The molecule has 1 aliphatic heterocycles. The summed E-state index contributed by atoms with van der Waals surface area (Å²) in [4.78, 5) is 28.8. The highest BCUT2D eigenvalue weighted by molar-refractivity contribution is 5.98. The van der Waals surface area contributed by atoms with Crippen molar-refractivity contribution in [3.63, 3.8) is 0 Å². The van der Waals surface area contributed by atoms with Gasteiger partial charge in [0.25, 0.3) is 0 Å². The van der Waals surface area contributed by atoms with Crippen LogP contribution >= 0.6 is 0 Å². The molecule has 0 spiro atoms. The first-order chi connectivity index (χ1) is 13.9. The van der Waals surface area contributed by atoms with Crippen molar-refractivity contribution < 1.29 is 14.3 Å². The van der Waals surface area contributed by atoms with Gasteiger partial charge in [0.05, 0.1) is 12.6 Å². The smallest absolute Gasteiger partial charge is 0.322 e. The maximum Gasteiger partial charge on any atom is 0.322 e. The molecular weight excluding hydrogens is 366 g/mol. The van der Waals surface area contributed by atoms with E-state index in [0.717, 1.165) is 22.7 Å². The molecule has 1 saturated heterocycles. The van der Waals surface area contributed by atoms with Gasteiger partial charge in [-0.25, -0.2) is 4.79 Å². The maximum absolute atomic E-state index is 12.8. The number of urea groups is 1. The lowest BCUT2D eigenvalue weighted by molar-refractivity contribution is -0.117. The Morgan fingerprint density at radius 2 is 1.86 bits per heavy atom. The number of rotatable bonds is 6. The number of anilines is 2. The molecule has 1 fully saturated rings. The third-order valence-electron chi connectivity index (χ3n) is 5.28. The minimum absolute atomic E-state index is 0.0302. The molecule has 1 atom stereocenters. The number of aryl methyl sites for hydroxylation is 2. The Balaban J connectivity index is 1.66. The Morgan fingerprint density at radius 1 is 1.14 bits per heavy atom. The van der Waals surface area contributed by atoms with Gasteiger partial charge in [-0.2, -0.15) is 0 Å². The van der Waals surface area contributed by atoms with Gasteiger partial charge in [0, 0.05) is 30.9 Å². The largest absolute Gasteiger partial charge is 0.494 e. The quantitative estimate of drug-likeness (QED) is 0.803. The van der Waals surface area contributed by atoms with Crippen molar-refractivity contribution in [2.45, 2.75) is 40.2 Å². The van der Waals surface area contributed by atoms with Crippen molar-refractivity contribution >= 4 is 23.3 Å². The van der Waals surface area contributed by atoms with Gasteiger partial charge in [-0.15, -0.1) is 0 Å². The minimum Gasteiger partial charge on any atom is -0.494 e. The molecule has 0 radical (unpaired) electrons. The lowest BCUT2D eigenvalue weighted by Crippen LogP contribution is -2.46. The van der Waals surface area contributed by atoms with Crippen molar-refractivity contribution in [1.82, 2.24) is 5.32 Å². The third-order valence-corrected chi connectivity index (χ3v) is 5.28. The van der Waals surface area contributed by atoms with Crippen LogP contribution in [0, 0.1) is 13.8 Å². The van der Waals surface area contributed by atoms with Crippen LogP contribution in [0.5, 0.6) is 5.75 Å². The second kappa shape index (κ2) is 8.99. The number of benzene rings is 2. The zero-order valence-corrected chi connectivity index (χ0v) is 17.6. The minimum atomic E-state index is -0.214. The van der Waals surface area contributed by atoms with E-state index < -0.39 is 0 Å². The van der Waals surface area contributed by atoms with E-state index in [1.807, 2.05) is 70.2 Å². The van der Waals surface area contributed by atoms with Crippen LogP contribution in [-0.2, 0) is 4.79 Å². The zero-order valence-electron chi connectivity index (χ0n) is 17.6. The summed E-state index contributed by atoms with van der Waals surface area (Å²) in [7, 11) is 0. The Morgan fingerprint density at radius 3 is 2.48 bits per heavy atom. The Kier molecular flexibility index (Phi) is 6.42. The number of hydrogen-bond donors (Lipinski definition) is 1. The van der Waals surface area contributed by atoms with Gasteiger partial charge in [0.15, 0.2) is 0 Å². The monoisotopic (exact) mass is 395 g/mol. The predicted molar refractivity (Wildman–Crippen MR) is 116 cm³/mol. The van der Waals surface area contributed by atoms with Crippen LogP contribution in [0.3, 0.4) is 0 Å². The van der Waals surface area contributed by atoms with Crippen LogP contribution < -0.4 is 19.9 Å². The second-order valence-electron chi connectivity index (χ2n) is 7.29. The molecule has 0 bridgehead atoms. The van der Waals surface area contributed by atoms with E-state index in [2.05, 4.69) is 5.32 Å². The summed E-state index contributed by atoms with van der Waals surface area (Å²) in [6.07, 6.45) is 0.305. The molecule has 29 heavy (non-hydrogen) atoms. The topological polar surface area (TPSA) is 61.9 Å². The van der Waals surface area contributed by atoms with Crippen LogP contribution in [0.1, 0.15) is 31.4 Å². The SMILES string of the molecule is CCOc1ccc(N(CC)C(=O)NC2CC(=O)N(c3ccc(C)c(C)c3)C2)cc1. The Labute approximate surface area is 172 Å². The summed E-state index contributed by atoms with van der Waals surface area (Å²) in [6.45, 7) is 9.56. The second-order valence-corrected chi connectivity index (χ2v) is 7.29. The van der Waals surface area contributed by atoms with Crippen molar-refractivity contribution in [3.05, 3.63) is 53.6 Å². The van der Waals surface area contributed by atoms with E-state index in [1.54, 1.807) is 9.80 Å². The van der Waals surface area contributed by atoms with E-state index in [4.69, 9.17) is 4.74 Å². The molecule has 6 nitrogen and oxygen atoms in total. The molecule has 2 aromatic carbocycles. The summed E-state index contributed by atoms with van der Waals surface area (Å²) in [5, 5.41) is 3.02. The van der Waals surface area contributed by atoms with Gasteiger partial charge in [-0.3, -0.25) is 9.69 Å². The van der Waals surface area contributed by atoms with Crippen LogP contribution in [0.25, 0.3) is 0 Å².